The van der Waals surface area contributed by atoms with Gasteiger partial charge in [-0.1, -0.05) is 163 Å². The first-order valence-electron chi connectivity index (χ1n) is 18.9. The molecule has 0 N–H and O–H groups in total. The molecule has 0 aliphatic heterocycles. The Hall–Kier alpha value is -1.59. The van der Waals surface area contributed by atoms with Gasteiger partial charge in [-0.3, -0.25) is 14.4 Å². The minimum absolute atomic E-state index is 0.0672. The molecule has 0 saturated carbocycles. The first-order valence-corrected chi connectivity index (χ1v) is 18.9. The molecule has 0 heterocycles. The van der Waals surface area contributed by atoms with Gasteiger partial charge in [-0.25, -0.2) is 0 Å². The highest BCUT2D eigenvalue weighted by molar-refractivity contribution is 5.71. The Balaban J connectivity index is 4.31. The van der Waals surface area contributed by atoms with Crippen LogP contribution in [0.2, 0.25) is 0 Å². The fourth-order valence-corrected chi connectivity index (χ4v) is 5.36. The van der Waals surface area contributed by atoms with Crippen LogP contribution in [0.25, 0.3) is 0 Å². The Labute approximate surface area is 272 Å². The molecule has 0 amide bonds. The third-order valence-corrected chi connectivity index (χ3v) is 8.65. The molecule has 0 aliphatic rings. The molecule has 0 radical (unpaired) electrons. The van der Waals surface area contributed by atoms with Crippen LogP contribution in [0.3, 0.4) is 0 Å². The summed E-state index contributed by atoms with van der Waals surface area (Å²) < 4.78 is 16.5. The molecule has 0 rings (SSSR count). The van der Waals surface area contributed by atoms with Crippen LogP contribution in [0.4, 0.5) is 0 Å². The van der Waals surface area contributed by atoms with Gasteiger partial charge in [0.2, 0.25) is 0 Å². The van der Waals surface area contributed by atoms with E-state index >= 15 is 0 Å². The van der Waals surface area contributed by atoms with E-state index in [1.54, 1.807) is 0 Å². The van der Waals surface area contributed by atoms with E-state index in [-0.39, 0.29) is 31.1 Å². The van der Waals surface area contributed by atoms with E-state index in [1.807, 2.05) is 0 Å². The van der Waals surface area contributed by atoms with Crippen LogP contribution < -0.4 is 0 Å². The van der Waals surface area contributed by atoms with E-state index in [9.17, 15) is 14.4 Å². The molecule has 0 fully saturated rings. The van der Waals surface area contributed by atoms with E-state index in [0.29, 0.717) is 19.3 Å². The molecule has 0 aliphatic carbocycles. The van der Waals surface area contributed by atoms with Crippen LogP contribution in [-0.2, 0) is 28.6 Å². The van der Waals surface area contributed by atoms with Crippen molar-refractivity contribution < 1.29 is 28.6 Å². The van der Waals surface area contributed by atoms with Crippen LogP contribution in [0.15, 0.2) is 0 Å². The van der Waals surface area contributed by atoms with Crippen molar-refractivity contribution in [2.45, 2.75) is 207 Å². The maximum Gasteiger partial charge on any atom is 0.306 e. The lowest BCUT2D eigenvalue weighted by Crippen LogP contribution is -2.30. The highest BCUT2D eigenvalue weighted by atomic mass is 16.6. The number of unbranched alkanes of at least 4 members (excludes halogenated alkanes) is 19. The van der Waals surface area contributed by atoms with Crippen molar-refractivity contribution in [2.24, 2.45) is 5.92 Å². The van der Waals surface area contributed by atoms with E-state index in [2.05, 4.69) is 27.7 Å². The lowest BCUT2D eigenvalue weighted by molar-refractivity contribution is -0.167. The summed E-state index contributed by atoms with van der Waals surface area (Å²) in [5.74, 6) is -0.0683. The van der Waals surface area contributed by atoms with E-state index in [0.717, 1.165) is 70.1 Å². The molecule has 0 aromatic rings. The highest BCUT2D eigenvalue weighted by Crippen LogP contribution is 2.15. The van der Waals surface area contributed by atoms with E-state index in [1.165, 1.54) is 89.9 Å². The zero-order chi connectivity index (χ0) is 32.5. The largest absolute Gasteiger partial charge is 0.462 e. The lowest BCUT2D eigenvalue weighted by Gasteiger charge is -2.18. The van der Waals surface area contributed by atoms with Crippen molar-refractivity contribution in [3.8, 4) is 0 Å². The zero-order valence-electron chi connectivity index (χ0n) is 29.6. The van der Waals surface area contributed by atoms with Gasteiger partial charge in [0, 0.05) is 19.3 Å². The Bertz CT molecular complexity index is 664. The predicted molar refractivity (Wildman–Crippen MR) is 183 cm³/mol. The van der Waals surface area contributed by atoms with Crippen LogP contribution in [0.1, 0.15) is 201 Å². The van der Waals surface area contributed by atoms with Gasteiger partial charge in [-0.05, 0) is 25.2 Å². The van der Waals surface area contributed by atoms with Crippen molar-refractivity contribution in [3.63, 3.8) is 0 Å². The van der Waals surface area contributed by atoms with Gasteiger partial charge in [0.15, 0.2) is 6.10 Å². The second-order valence-electron chi connectivity index (χ2n) is 13.1. The molecule has 0 bridgehead atoms. The third-order valence-electron chi connectivity index (χ3n) is 8.65. The SMILES string of the molecule is CCCCCCCCCCCCCC(=O)O[C@H](COC(=O)CCCCCCC)COC(=O)CCCCCCCCC(C)CC. The van der Waals surface area contributed by atoms with Gasteiger partial charge in [0.25, 0.3) is 0 Å². The quantitative estimate of drug-likeness (QED) is 0.0410. The minimum atomic E-state index is -0.756. The maximum atomic E-state index is 12.5. The Morgan fingerprint density at radius 2 is 0.795 bits per heavy atom. The fourth-order valence-electron chi connectivity index (χ4n) is 5.36. The van der Waals surface area contributed by atoms with Gasteiger partial charge in [0.05, 0.1) is 0 Å². The normalized spacial score (nSPS) is 12.5. The predicted octanol–water partition coefficient (Wildman–Crippen LogP) is 11.2. The van der Waals surface area contributed by atoms with Gasteiger partial charge in [-0.2, -0.15) is 0 Å². The van der Waals surface area contributed by atoms with Gasteiger partial charge in [0.1, 0.15) is 13.2 Å². The van der Waals surface area contributed by atoms with Crippen molar-refractivity contribution >= 4 is 17.9 Å². The maximum absolute atomic E-state index is 12.5. The molecule has 1 unspecified atom stereocenters. The number of ether oxygens (including phenoxy) is 3. The number of hydrogen-bond acceptors (Lipinski definition) is 6. The van der Waals surface area contributed by atoms with Crippen molar-refractivity contribution in [3.05, 3.63) is 0 Å². The number of esters is 3. The third kappa shape index (κ3) is 30.4. The topological polar surface area (TPSA) is 78.9 Å². The summed E-state index contributed by atoms with van der Waals surface area (Å²) in [6, 6.07) is 0. The summed E-state index contributed by atoms with van der Waals surface area (Å²) in [6.07, 6.45) is 28.3. The Morgan fingerprint density at radius 3 is 1.18 bits per heavy atom. The molecule has 0 spiro atoms. The molecule has 2 atom stereocenters. The molecular formula is C38H72O6. The second-order valence-corrected chi connectivity index (χ2v) is 13.1. The molecule has 6 heteroatoms. The van der Waals surface area contributed by atoms with Crippen molar-refractivity contribution in [2.75, 3.05) is 13.2 Å². The van der Waals surface area contributed by atoms with E-state index in [4.69, 9.17) is 14.2 Å². The summed E-state index contributed by atoms with van der Waals surface area (Å²) in [5, 5.41) is 0. The van der Waals surface area contributed by atoms with Crippen LogP contribution >= 0.6 is 0 Å². The molecule has 0 aromatic heterocycles. The second kappa shape index (κ2) is 32.8. The summed E-state index contributed by atoms with van der Waals surface area (Å²) in [7, 11) is 0. The van der Waals surface area contributed by atoms with E-state index < -0.39 is 6.10 Å². The fraction of sp³-hybridized carbons (Fsp3) is 0.921. The summed E-state index contributed by atoms with van der Waals surface area (Å²) in [4.78, 5) is 37.1. The first-order chi connectivity index (χ1) is 21.4. The first kappa shape index (κ1) is 42.4. The lowest BCUT2D eigenvalue weighted by atomic mass is 10.00. The average molecular weight is 625 g/mol. The molecule has 260 valence electrons. The molecule has 44 heavy (non-hydrogen) atoms. The van der Waals surface area contributed by atoms with Crippen LogP contribution in [0, 0.1) is 5.92 Å². The van der Waals surface area contributed by atoms with Crippen LogP contribution in [-0.4, -0.2) is 37.2 Å². The molecule has 6 nitrogen and oxygen atoms in total. The summed E-state index contributed by atoms with van der Waals surface area (Å²) >= 11 is 0. The molecule has 0 aromatic carbocycles. The van der Waals surface area contributed by atoms with Crippen molar-refractivity contribution in [1.29, 1.82) is 0 Å². The summed E-state index contributed by atoms with van der Waals surface area (Å²) in [6.45, 7) is 8.84. The molecular weight excluding hydrogens is 552 g/mol. The smallest absolute Gasteiger partial charge is 0.306 e. The average Bonchev–Trinajstić information content (AvgIpc) is 3.02. The van der Waals surface area contributed by atoms with Gasteiger partial charge in [-0.15, -0.1) is 0 Å². The Morgan fingerprint density at radius 1 is 0.455 bits per heavy atom. The number of rotatable bonds is 33. The highest BCUT2D eigenvalue weighted by Gasteiger charge is 2.19. The monoisotopic (exact) mass is 625 g/mol. The zero-order valence-corrected chi connectivity index (χ0v) is 29.6. The number of carbonyl (C=O) groups excluding carboxylic acids is 3. The van der Waals surface area contributed by atoms with Gasteiger partial charge < -0.3 is 14.2 Å². The van der Waals surface area contributed by atoms with Gasteiger partial charge >= 0.3 is 17.9 Å². The standard InChI is InChI=1S/C38H72O6/c1-5-8-10-12-13-14-15-16-17-23-27-31-38(41)44-35(32-42-36(39)29-25-20-11-9-6-2)33-43-37(40)30-26-22-19-18-21-24-28-34(4)7-3/h34-35H,5-33H2,1-4H3/t34?,35-/m1/s1. The summed E-state index contributed by atoms with van der Waals surface area (Å²) in [5.41, 5.74) is 0. The minimum Gasteiger partial charge on any atom is -0.462 e. The van der Waals surface area contributed by atoms with Crippen molar-refractivity contribution in [1.82, 2.24) is 0 Å². The molecule has 0 saturated heterocycles. The number of hydrogen-bond donors (Lipinski definition) is 0. The Kier molecular flexibility index (Phi) is 31.6. The van der Waals surface area contributed by atoms with Crippen LogP contribution in [0.5, 0.6) is 0 Å². The number of carbonyl (C=O) groups is 3.